The van der Waals surface area contributed by atoms with Gasteiger partial charge in [-0.3, -0.25) is 9.78 Å². The van der Waals surface area contributed by atoms with Crippen LogP contribution in [0, 0.1) is 5.82 Å². The first-order chi connectivity index (χ1) is 16.0. The van der Waals surface area contributed by atoms with Crippen molar-refractivity contribution >= 4 is 11.6 Å². The van der Waals surface area contributed by atoms with Gasteiger partial charge in [0.15, 0.2) is 0 Å². The van der Waals surface area contributed by atoms with E-state index in [1.165, 1.54) is 24.3 Å². The van der Waals surface area contributed by atoms with Crippen molar-refractivity contribution in [2.45, 2.75) is 12.0 Å². The van der Waals surface area contributed by atoms with Crippen molar-refractivity contribution in [2.24, 2.45) is 0 Å². The molecule has 2 heterocycles. The molecule has 1 aromatic heterocycles. The summed E-state index contributed by atoms with van der Waals surface area (Å²) in [7, 11) is 0. The van der Waals surface area contributed by atoms with Gasteiger partial charge in [0, 0.05) is 23.9 Å². The van der Waals surface area contributed by atoms with Gasteiger partial charge in [-0.25, -0.2) is 4.39 Å². The molecular weight excluding hydrogens is 417 g/mol. The van der Waals surface area contributed by atoms with Crippen LogP contribution < -0.4 is 15.8 Å². The minimum absolute atomic E-state index is 0.309. The molecule has 1 amide bonds. The fourth-order valence-electron chi connectivity index (χ4n) is 4.22. The third kappa shape index (κ3) is 3.91. The largest absolute Gasteiger partial charge is 0.491 e. The zero-order chi connectivity index (χ0) is 22.8. The third-order valence-corrected chi connectivity index (χ3v) is 5.96. The van der Waals surface area contributed by atoms with Crippen LogP contribution in [0.5, 0.6) is 5.75 Å². The number of fused-ring (bicyclic) bond motifs is 1. The first kappa shape index (κ1) is 20.7. The van der Waals surface area contributed by atoms with E-state index in [0.29, 0.717) is 35.7 Å². The summed E-state index contributed by atoms with van der Waals surface area (Å²) in [6.07, 6.45) is 2.19. The second-order valence-corrected chi connectivity index (χ2v) is 8.01. The number of anilines is 1. The second-order valence-electron chi connectivity index (χ2n) is 8.01. The van der Waals surface area contributed by atoms with E-state index < -0.39 is 11.4 Å². The summed E-state index contributed by atoms with van der Waals surface area (Å²) in [5, 5.41) is 3.19. The van der Waals surface area contributed by atoms with Crippen molar-refractivity contribution < 1.29 is 13.9 Å². The van der Waals surface area contributed by atoms with E-state index in [0.717, 1.165) is 16.7 Å². The molecule has 1 aliphatic rings. The van der Waals surface area contributed by atoms with Gasteiger partial charge in [0.1, 0.15) is 22.8 Å². The molecule has 0 fully saturated rings. The van der Waals surface area contributed by atoms with Gasteiger partial charge in [0.05, 0.1) is 6.61 Å². The molecule has 5 rings (SSSR count). The quantitative estimate of drug-likeness (QED) is 0.442. The SMILES string of the molecule is Nc1ccc(-c2ccc([C@@]3(NC(=O)c4ccc(F)cc4)CCOc4cccnc43)cc2)cc1. The molecule has 3 aromatic carbocycles. The Labute approximate surface area is 191 Å². The normalized spacial score (nSPS) is 17.0. The third-order valence-electron chi connectivity index (χ3n) is 5.96. The van der Waals surface area contributed by atoms with Gasteiger partial charge in [0.25, 0.3) is 5.91 Å². The van der Waals surface area contributed by atoms with Crippen LogP contribution in [0.15, 0.2) is 91.1 Å². The Morgan fingerprint density at radius 3 is 2.30 bits per heavy atom. The van der Waals surface area contributed by atoms with Crippen molar-refractivity contribution in [1.82, 2.24) is 10.3 Å². The van der Waals surface area contributed by atoms with Crippen LogP contribution in [-0.4, -0.2) is 17.5 Å². The Kier molecular flexibility index (Phi) is 5.26. The lowest BCUT2D eigenvalue weighted by molar-refractivity contribution is 0.0883. The minimum atomic E-state index is -0.889. The first-order valence-corrected chi connectivity index (χ1v) is 10.7. The van der Waals surface area contributed by atoms with Crippen molar-refractivity contribution in [1.29, 1.82) is 0 Å². The van der Waals surface area contributed by atoms with Gasteiger partial charge in [0.2, 0.25) is 0 Å². The van der Waals surface area contributed by atoms with Gasteiger partial charge >= 0.3 is 0 Å². The van der Waals surface area contributed by atoms with Gasteiger partial charge in [-0.2, -0.15) is 0 Å². The Morgan fingerprint density at radius 2 is 1.61 bits per heavy atom. The fourth-order valence-corrected chi connectivity index (χ4v) is 4.22. The zero-order valence-corrected chi connectivity index (χ0v) is 17.8. The van der Waals surface area contributed by atoms with Gasteiger partial charge in [-0.05, 0) is 65.2 Å². The lowest BCUT2D eigenvalue weighted by Gasteiger charge is -2.39. The monoisotopic (exact) mass is 439 g/mol. The number of hydrogen-bond donors (Lipinski definition) is 2. The maximum absolute atomic E-state index is 13.4. The summed E-state index contributed by atoms with van der Waals surface area (Å²) < 4.78 is 19.2. The average molecular weight is 439 g/mol. The number of nitrogens with one attached hydrogen (secondary N) is 1. The van der Waals surface area contributed by atoms with Crippen LogP contribution in [0.4, 0.5) is 10.1 Å². The molecule has 164 valence electrons. The van der Waals surface area contributed by atoms with Crippen LogP contribution in [0.2, 0.25) is 0 Å². The number of nitrogens with zero attached hydrogens (tertiary/aromatic N) is 1. The molecule has 0 aliphatic carbocycles. The van der Waals surface area contributed by atoms with Gasteiger partial charge in [-0.1, -0.05) is 36.4 Å². The summed E-state index contributed by atoms with van der Waals surface area (Å²) in [5.74, 6) is -0.0699. The fraction of sp³-hybridized carbons (Fsp3) is 0.111. The van der Waals surface area contributed by atoms with E-state index in [1.54, 1.807) is 12.3 Å². The highest BCUT2D eigenvalue weighted by molar-refractivity contribution is 5.95. The van der Waals surface area contributed by atoms with Crippen molar-refractivity contribution in [3.8, 4) is 16.9 Å². The summed E-state index contributed by atoms with van der Waals surface area (Å²) in [5.41, 5.74) is 9.62. The molecule has 0 bridgehead atoms. The summed E-state index contributed by atoms with van der Waals surface area (Å²) in [6.45, 7) is 0.419. The number of carbonyl (C=O) groups excluding carboxylic acids is 1. The smallest absolute Gasteiger partial charge is 0.252 e. The molecule has 0 radical (unpaired) electrons. The number of hydrogen-bond acceptors (Lipinski definition) is 4. The predicted molar refractivity (Wildman–Crippen MR) is 125 cm³/mol. The standard InChI is InChI=1S/C27H22FN3O2/c28-22-11-5-20(6-12-22)26(32)31-27(15-17-33-24-2-1-16-30-25(24)27)21-9-3-18(4-10-21)19-7-13-23(29)14-8-19/h1-14,16H,15,17,29H2,(H,31,32)/t27-/m0/s1. The Balaban J connectivity index is 1.57. The minimum Gasteiger partial charge on any atom is -0.491 e. The lowest BCUT2D eigenvalue weighted by Crippen LogP contribution is -2.50. The Bertz CT molecular complexity index is 1290. The molecule has 0 saturated heterocycles. The van der Waals surface area contributed by atoms with Crippen molar-refractivity contribution in [3.05, 3.63) is 114 Å². The predicted octanol–water partition coefficient (Wildman–Crippen LogP) is 4.93. The Morgan fingerprint density at radius 1 is 0.939 bits per heavy atom. The van der Waals surface area contributed by atoms with Crippen LogP contribution in [0.1, 0.15) is 28.0 Å². The van der Waals surface area contributed by atoms with Crippen LogP contribution in [-0.2, 0) is 5.54 Å². The Hall–Kier alpha value is -4.19. The topological polar surface area (TPSA) is 77.2 Å². The molecule has 6 heteroatoms. The molecule has 0 saturated carbocycles. The number of nitrogens with two attached hydrogens (primary N) is 1. The number of amides is 1. The van der Waals surface area contributed by atoms with E-state index in [1.807, 2.05) is 54.6 Å². The summed E-state index contributed by atoms with van der Waals surface area (Å²) in [6, 6.07) is 24.9. The van der Waals surface area contributed by atoms with Crippen LogP contribution in [0.3, 0.4) is 0 Å². The van der Waals surface area contributed by atoms with E-state index in [-0.39, 0.29) is 5.91 Å². The number of pyridine rings is 1. The number of benzene rings is 3. The molecule has 0 unspecified atom stereocenters. The molecule has 33 heavy (non-hydrogen) atoms. The van der Waals surface area contributed by atoms with E-state index >= 15 is 0 Å². The van der Waals surface area contributed by atoms with Gasteiger partial charge in [-0.15, -0.1) is 0 Å². The number of halogens is 1. The molecule has 1 aliphatic heterocycles. The highest BCUT2D eigenvalue weighted by Crippen LogP contribution is 2.41. The number of rotatable bonds is 4. The first-order valence-electron chi connectivity index (χ1n) is 10.7. The highest BCUT2D eigenvalue weighted by Gasteiger charge is 2.42. The second kappa shape index (κ2) is 8.39. The molecule has 4 aromatic rings. The molecular formula is C27H22FN3O2. The van der Waals surface area contributed by atoms with E-state index in [2.05, 4.69) is 10.3 Å². The number of nitrogen functional groups attached to an aromatic ring is 1. The maximum Gasteiger partial charge on any atom is 0.252 e. The molecule has 1 atom stereocenters. The zero-order valence-electron chi connectivity index (χ0n) is 17.8. The van der Waals surface area contributed by atoms with E-state index in [9.17, 15) is 9.18 Å². The number of ether oxygens (including phenoxy) is 1. The maximum atomic E-state index is 13.4. The lowest BCUT2D eigenvalue weighted by atomic mass is 9.80. The average Bonchev–Trinajstić information content (AvgIpc) is 2.85. The summed E-state index contributed by atoms with van der Waals surface area (Å²) in [4.78, 5) is 17.8. The van der Waals surface area contributed by atoms with Crippen molar-refractivity contribution in [2.75, 3.05) is 12.3 Å². The van der Waals surface area contributed by atoms with Gasteiger partial charge < -0.3 is 15.8 Å². The molecule has 5 nitrogen and oxygen atoms in total. The van der Waals surface area contributed by atoms with Crippen LogP contribution in [0.25, 0.3) is 11.1 Å². The molecule has 3 N–H and O–H groups in total. The number of carbonyl (C=O) groups is 1. The van der Waals surface area contributed by atoms with E-state index in [4.69, 9.17) is 10.5 Å². The highest BCUT2D eigenvalue weighted by atomic mass is 19.1. The summed E-state index contributed by atoms with van der Waals surface area (Å²) >= 11 is 0. The van der Waals surface area contributed by atoms with Crippen LogP contribution >= 0.6 is 0 Å². The molecule has 0 spiro atoms. The van der Waals surface area contributed by atoms with Crippen molar-refractivity contribution in [3.63, 3.8) is 0 Å². The number of aromatic nitrogens is 1.